The standard InChI is InChI=1S/C26H23FN2O2/c27-21-9-7-17(8-10-21)26(31)29-13-3-5-19(16-29)25(30)28-22-11-12-24-20(15-22)14-18-4-1-2-6-23(18)24/h1-2,4,6-12,15,19H,3,5,13-14,16H2,(H,28,30). The van der Waals surface area contributed by atoms with Gasteiger partial charge in [0.15, 0.2) is 0 Å². The molecular formula is C26H23FN2O2. The Morgan fingerprint density at radius 3 is 2.55 bits per heavy atom. The molecule has 4 nitrogen and oxygen atoms in total. The molecule has 0 bridgehead atoms. The molecule has 1 fully saturated rings. The molecule has 1 N–H and O–H groups in total. The van der Waals surface area contributed by atoms with Gasteiger partial charge in [-0.05, 0) is 77.9 Å². The van der Waals surface area contributed by atoms with Gasteiger partial charge in [-0.1, -0.05) is 30.3 Å². The second kappa shape index (κ2) is 7.99. The van der Waals surface area contributed by atoms with Crippen molar-refractivity contribution in [3.8, 4) is 11.1 Å². The number of rotatable bonds is 3. The van der Waals surface area contributed by atoms with E-state index >= 15 is 0 Å². The lowest BCUT2D eigenvalue weighted by molar-refractivity contribution is -0.121. The van der Waals surface area contributed by atoms with Gasteiger partial charge in [0.2, 0.25) is 5.91 Å². The van der Waals surface area contributed by atoms with Crippen LogP contribution < -0.4 is 5.32 Å². The highest BCUT2D eigenvalue weighted by molar-refractivity contribution is 5.96. The van der Waals surface area contributed by atoms with E-state index in [1.807, 2.05) is 12.1 Å². The first kappa shape index (κ1) is 19.5. The van der Waals surface area contributed by atoms with E-state index in [9.17, 15) is 14.0 Å². The molecule has 1 aliphatic carbocycles. The lowest BCUT2D eigenvalue weighted by Crippen LogP contribution is -2.43. The zero-order chi connectivity index (χ0) is 21.4. The molecule has 1 atom stereocenters. The van der Waals surface area contributed by atoms with E-state index in [4.69, 9.17) is 0 Å². The summed E-state index contributed by atoms with van der Waals surface area (Å²) in [7, 11) is 0. The van der Waals surface area contributed by atoms with Crippen LogP contribution in [0.5, 0.6) is 0 Å². The van der Waals surface area contributed by atoms with Crippen molar-refractivity contribution in [3.05, 3.63) is 89.2 Å². The van der Waals surface area contributed by atoms with Crippen molar-refractivity contribution in [1.29, 1.82) is 0 Å². The molecule has 2 amide bonds. The van der Waals surface area contributed by atoms with Crippen LogP contribution in [0.25, 0.3) is 11.1 Å². The van der Waals surface area contributed by atoms with Crippen LogP contribution in [0.4, 0.5) is 10.1 Å². The van der Waals surface area contributed by atoms with Gasteiger partial charge in [0.05, 0.1) is 5.92 Å². The molecule has 5 heteroatoms. The van der Waals surface area contributed by atoms with Gasteiger partial charge in [-0.25, -0.2) is 4.39 Å². The summed E-state index contributed by atoms with van der Waals surface area (Å²) in [5.74, 6) is -0.853. The quantitative estimate of drug-likeness (QED) is 0.519. The van der Waals surface area contributed by atoms with Crippen molar-refractivity contribution >= 4 is 17.5 Å². The van der Waals surface area contributed by atoms with Crippen LogP contribution in [0, 0.1) is 11.7 Å². The van der Waals surface area contributed by atoms with Crippen molar-refractivity contribution < 1.29 is 14.0 Å². The summed E-state index contributed by atoms with van der Waals surface area (Å²) in [6.45, 7) is 0.982. The average Bonchev–Trinajstić information content (AvgIpc) is 3.17. The molecular weight excluding hydrogens is 391 g/mol. The minimum atomic E-state index is -0.370. The topological polar surface area (TPSA) is 49.4 Å². The van der Waals surface area contributed by atoms with Crippen LogP contribution in [0.2, 0.25) is 0 Å². The molecule has 1 aliphatic heterocycles. The third kappa shape index (κ3) is 3.83. The van der Waals surface area contributed by atoms with Gasteiger partial charge < -0.3 is 10.2 Å². The number of hydrogen-bond acceptors (Lipinski definition) is 2. The molecule has 0 radical (unpaired) electrons. The first-order chi connectivity index (χ1) is 15.1. The minimum absolute atomic E-state index is 0.0629. The Labute approximate surface area is 180 Å². The molecule has 1 unspecified atom stereocenters. The highest BCUT2D eigenvalue weighted by atomic mass is 19.1. The molecule has 0 saturated carbocycles. The Kier molecular flexibility index (Phi) is 5.02. The van der Waals surface area contributed by atoms with Gasteiger partial charge in [-0.2, -0.15) is 0 Å². The summed E-state index contributed by atoms with van der Waals surface area (Å²) in [4.78, 5) is 27.4. The maximum atomic E-state index is 13.1. The Hall–Kier alpha value is -3.47. The second-order valence-electron chi connectivity index (χ2n) is 8.29. The van der Waals surface area contributed by atoms with Crippen molar-refractivity contribution in [3.63, 3.8) is 0 Å². The lowest BCUT2D eigenvalue weighted by Gasteiger charge is -2.32. The Balaban J connectivity index is 1.26. The van der Waals surface area contributed by atoms with Gasteiger partial charge in [-0.15, -0.1) is 0 Å². The van der Waals surface area contributed by atoms with Crippen molar-refractivity contribution in [2.24, 2.45) is 5.92 Å². The fourth-order valence-corrected chi connectivity index (χ4v) is 4.62. The number of carbonyl (C=O) groups excluding carboxylic acids is 2. The SMILES string of the molecule is O=C(Nc1ccc2c(c1)Cc1ccccc1-2)C1CCCN(C(=O)c2ccc(F)cc2)C1. The number of anilines is 1. The normalized spacial score (nSPS) is 17.1. The van der Waals surface area contributed by atoms with Gasteiger partial charge in [0.25, 0.3) is 5.91 Å². The Morgan fingerprint density at radius 2 is 1.71 bits per heavy atom. The molecule has 1 heterocycles. The van der Waals surface area contributed by atoms with Gasteiger partial charge in [-0.3, -0.25) is 9.59 Å². The van der Waals surface area contributed by atoms with Crippen LogP contribution >= 0.6 is 0 Å². The van der Waals surface area contributed by atoms with Gasteiger partial charge >= 0.3 is 0 Å². The highest BCUT2D eigenvalue weighted by Crippen LogP contribution is 2.37. The number of hydrogen-bond donors (Lipinski definition) is 1. The van der Waals surface area contributed by atoms with E-state index in [1.165, 1.54) is 46.5 Å². The number of carbonyl (C=O) groups is 2. The number of nitrogens with zero attached hydrogens (tertiary/aromatic N) is 1. The van der Waals surface area contributed by atoms with Gasteiger partial charge in [0, 0.05) is 24.3 Å². The van der Waals surface area contributed by atoms with E-state index in [1.54, 1.807) is 4.90 Å². The number of likely N-dealkylation sites (tertiary alicyclic amines) is 1. The number of benzene rings is 3. The third-order valence-corrected chi connectivity index (χ3v) is 6.23. The Bertz CT molecular complexity index is 1160. The number of piperidine rings is 1. The van der Waals surface area contributed by atoms with E-state index in [-0.39, 0.29) is 23.5 Å². The van der Waals surface area contributed by atoms with Crippen LogP contribution in [0.3, 0.4) is 0 Å². The third-order valence-electron chi connectivity index (χ3n) is 6.23. The maximum Gasteiger partial charge on any atom is 0.253 e. The molecule has 3 aromatic rings. The minimum Gasteiger partial charge on any atom is -0.338 e. The predicted octanol–water partition coefficient (Wildman–Crippen LogP) is 4.89. The monoisotopic (exact) mass is 414 g/mol. The predicted molar refractivity (Wildman–Crippen MR) is 118 cm³/mol. The number of amides is 2. The molecule has 3 aromatic carbocycles. The summed E-state index contributed by atoms with van der Waals surface area (Å²) in [6.07, 6.45) is 2.39. The average molecular weight is 414 g/mol. The fourth-order valence-electron chi connectivity index (χ4n) is 4.62. The van der Waals surface area contributed by atoms with Crippen molar-refractivity contribution in [1.82, 2.24) is 4.90 Å². The number of nitrogens with one attached hydrogen (secondary N) is 1. The highest BCUT2D eigenvalue weighted by Gasteiger charge is 2.29. The van der Waals surface area contributed by atoms with E-state index in [0.29, 0.717) is 18.7 Å². The molecule has 2 aliphatic rings. The molecule has 31 heavy (non-hydrogen) atoms. The first-order valence-corrected chi connectivity index (χ1v) is 10.7. The fraction of sp³-hybridized carbons (Fsp3) is 0.231. The van der Waals surface area contributed by atoms with Crippen LogP contribution in [0.15, 0.2) is 66.7 Å². The summed E-state index contributed by atoms with van der Waals surface area (Å²) < 4.78 is 13.1. The van der Waals surface area contributed by atoms with E-state index < -0.39 is 0 Å². The zero-order valence-electron chi connectivity index (χ0n) is 17.1. The maximum absolute atomic E-state index is 13.1. The van der Waals surface area contributed by atoms with Crippen LogP contribution in [0.1, 0.15) is 34.3 Å². The largest absolute Gasteiger partial charge is 0.338 e. The molecule has 1 saturated heterocycles. The van der Waals surface area contributed by atoms with E-state index in [2.05, 4.69) is 35.6 Å². The molecule has 156 valence electrons. The second-order valence-corrected chi connectivity index (χ2v) is 8.29. The van der Waals surface area contributed by atoms with Crippen LogP contribution in [-0.4, -0.2) is 29.8 Å². The van der Waals surface area contributed by atoms with Crippen molar-refractivity contribution in [2.45, 2.75) is 19.3 Å². The summed E-state index contributed by atoms with van der Waals surface area (Å²) in [5.41, 5.74) is 6.25. The number of fused-ring (bicyclic) bond motifs is 3. The van der Waals surface area contributed by atoms with Crippen molar-refractivity contribution in [2.75, 3.05) is 18.4 Å². The summed E-state index contributed by atoms with van der Waals surface area (Å²) >= 11 is 0. The smallest absolute Gasteiger partial charge is 0.253 e. The summed E-state index contributed by atoms with van der Waals surface area (Å²) in [5, 5.41) is 3.05. The lowest BCUT2D eigenvalue weighted by atomic mass is 9.96. The van der Waals surface area contributed by atoms with Gasteiger partial charge in [0.1, 0.15) is 5.82 Å². The van der Waals surface area contributed by atoms with E-state index in [0.717, 1.165) is 24.9 Å². The zero-order valence-corrected chi connectivity index (χ0v) is 17.1. The number of halogens is 1. The summed E-state index contributed by atoms with van der Waals surface area (Å²) in [6, 6.07) is 20.0. The molecule has 5 rings (SSSR count). The first-order valence-electron chi connectivity index (χ1n) is 10.7. The molecule has 0 spiro atoms. The molecule has 0 aromatic heterocycles. The Morgan fingerprint density at radius 1 is 0.935 bits per heavy atom. The van der Waals surface area contributed by atoms with Crippen LogP contribution in [-0.2, 0) is 11.2 Å².